The molecular formula is C19H18N4O2. The highest BCUT2D eigenvalue weighted by Crippen LogP contribution is 2.30. The molecule has 6 nitrogen and oxygen atoms in total. The Morgan fingerprint density at radius 3 is 2.72 bits per heavy atom. The molecule has 1 fully saturated rings. The number of fused-ring (bicyclic) bond motifs is 1. The van der Waals surface area contributed by atoms with Crippen LogP contribution in [0.15, 0.2) is 59.5 Å². The van der Waals surface area contributed by atoms with Crippen molar-refractivity contribution in [3.8, 4) is 0 Å². The fraction of sp³-hybridized carbons (Fsp3) is 0.211. The molecule has 1 aliphatic rings. The first-order valence-electron chi connectivity index (χ1n) is 8.31. The molecule has 0 aliphatic heterocycles. The van der Waals surface area contributed by atoms with Crippen LogP contribution in [0.3, 0.4) is 0 Å². The standard InChI is InChI=1S/C19H18N4O2/c24-18-11-16(22-17-3-1-2-10-23(17)18)20-12-13-4-8-15(9-5-13)21-19(25)14-6-7-14/h1-5,8-11,14,20H,6-7,12H2,(H,21,25). The zero-order valence-electron chi connectivity index (χ0n) is 13.6. The predicted octanol–water partition coefficient (Wildman–Crippen LogP) is 2.66. The zero-order chi connectivity index (χ0) is 17.2. The van der Waals surface area contributed by atoms with Gasteiger partial charge in [0.15, 0.2) is 0 Å². The second-order valence-electron chi connectivity index (χ2n) is 6.22. The van der Waals surface area contributed by atoms with Crippen LogP contribution in [-0.4, -0.2) is 15.3 Å². The predicted molar refractivity (Wildman–Crippen MR) is 96.6 cm³/mol. The van der Waals surface area contributed by atoms with Crippen molar-refractivity contribution in [3.63, 3.8) is 0 Å². The lowest BCUT2D eigenvalue weighted by Gasteiger charge is -2.08. The Hall–Kier alpha value is -3.15. The van der Waals surface area contributed by atoms with Crippen LogP contribution in [0.25, 0.3) is 5.65 Å². The lowest BCUT2D eigenvalue weighted by molar-refractivity contribution is -0.117. The van der Waals surface area contributed by atoms with Gasteiger partial charge < -0.3 is 10.6 Å². The molecule has 0 saturated heterocycles. The van der Waals surface area contributed by atoms with Gasteiger partial charge >= 0.3 is 0 Å². The largest absolute Gasteiger partial charge is 0.366 e. The lowest BCUT2D eigenvalue weighted by atomic mass is 10.2. The number of amides is 1. The molecule has 0 radical (unpaired) electrons. The molecule has 2 N–H and O–H groups in total. The van der Waals surface area contributed by atoms with Crippen LogP contribution in [0.2, 0.25) is 0 Å². The molecule has 2 heterocycles. The summed E-state index contributed by atoms with van der Waals surface area (Å²) >= 11 is 0. The lowest BCUT2D eigenvalue weighted by Crippen LogP contribution is -2.15. The summed E-state index contributed by atoms with van der Waals surface area (Å²) in [6, 6.07) is 14.6. The Balaban J connectivity index is 1.42. The molecule has 4 rings (SSSR count). The molecule has 1 amide bonds. The van der Waals surface area contributed by atoms with E-state index in [1.165, 1.54) is 10.5 Å². The number of aromatic nitrogens is 2. The Kier molecular flexibility index (Phi) is 3.93. The van der Waals surface area contributed by atoms with Crippen LogP contribution >= 0.6 is 0 Å². The minimum atomic E-state index is -0.119. The summed E-state index contributed by atoms with van der Waals surface area (Å²) in [5, 5.41) is 6.09. The van der Waals surface area contributed by atoms with Crippen LogP contribution in [0.1, 0.15) is 18.4 Å². The summed E-state index contributed by atoms with van der Waals surface area (Å²) in [4.78, 5) is 28.2. The third kappa shape index (κ3) is 3.52. The number of hydrogen-bond donors (Lipinski definition) is 2. The monoisotopic (exact) mass is 334 g/mol. The van der Waals surface area contributed by atoms with E-state index in [2.05, 4.69) is 15.6 Å². The number of pyridine rings is 1. The van der Waals surface area contributed by atoms with Crippen LogP contribution < -0.4 is 16.2 Å². The van der Waals surface area contributed by atoms with Crippen molar-refractivity contribution in [1.82, 2.24) is 9.38 Å². The molecule has 1 saturated carbocycles. The van der Waals surface area contributed by atoms with Gasteiger partial charge in [0.25, 0.3) is 5.56 Å². The molecule has 3 aromatic rings. The van der Waals surface area contributed by atoms with Crippen molar-refractivity contribution in [3.05, 3.63) is 70.6 Å². The first-order valence-corrected chi connectivity index (χ1v) is 8.31. The highest BCUT2D eigenvalue weighted by molar-refractivity contribution is 5.94. The molecule has 0 spiro atoms. The summed E-state index contributed by atoms with van der Waals surface area (Å²) in [5.74, 6) is 0.841. The number of nitrogens with zero attached hydrogens (tertiary/aromatic N) is 2. The second kappa shape index (κ2) is 6.39. The third-order valence-corrected chi connectivity index (χ3v) is 4.21. The smallest absolute Gasteiger partial charge is 0.259 e. The molecule has 0 atom stereocenters. The first-order chi connectivity index (χ1) is 12.2. The number of carbonyl (C=O) groups is 1. The summed E-state index contributed by atoms with van der Waals surface area (Å²) in [6.07, 6.45) is 3.68. The van der Waals surface area contributed by atoms with E-state index in [0.29, 0.717) is 18.0 Å². The van der Waals surface area contributed by atoms with Crippen molar-refractivity contribution >= 4 is 23.1 Å². The van der Waals surface area contributed by atoms with E-state index in [1.54, 1.807) is 18.3 Å². The number of hydrogen-bond acceptors (Lipinski definition) is 4. The van der Waals surface area contributed by atoms with E-state index in [4.69, 9.17) is 0 Å². The maximum atomic E-state index is 12.1. The Bertz CT molecular complexity index is 975. The number of nitrogens with one attached hydrogen (secondary N) is 2. The van der Waals surface area contributed by atoms with Gasteiger partial charge in [-0.2, -0.15) is 0 Å². The Morgan fingerprint density at radius 1 is 1.16 bits per heavy atom. The second-order valence-corrected chi connectivity index (χ2v) is 6.22. The molecule has 0 unspecified atom stereocenters. The third-order valence-electron chi connectivity index (χ3n) is 4.21. The number of rotatable bonds is 5. The van der Waals surface area contributed by atoms with Gasteiger partial charge in [-0.25, -0.2) is 4.98 Å². The zero-order valence-corrected chi connectivity index (χ0v) is 13.6. The fourth-order valence-corrected chi connectivity index (χ4v) is 2.63. The van der Waals surface area contributed by atoms with Gasteiger partial charge in [-0.3, -0.25) is 14.0 Å². The quantitative estimate of drug-likeness (QED) is 0.752. The maximum absolute atomic E-state index is 12.1. The molecular weight excluding hydrogens is 316 g/mol. The maximum Gasteiger partial charge on any atom is 0.259 e. The van der Waals surface area contributed by atoms with Crippen molar-refractivity contribution in [2.75, 3.05) is 10.6 Å². The van der Waals surface area contributed by atoms with Crippen molar-refractivity contribution < 1.29 is 4.79 Å². The van der Waals surface area contributed by atoms with Gasteiger partial charge in [-0.15, -0.1) is 0 Å². The average molecular weight is 334 g/mol. The van der Waals surface area contributed by atoms with Crippen molar-refractivity contribution in [1.29, 1.82) is 0 Å². The summed E-state index contributed by atoms with van der Waals surface area (Å²) in [5.41, 5.74) is 2.34. The van der Waals surface area contributed by atoms with Gasteiger partial charge in [-0.1, -0.05) is 18.2 Å². The average Bonchev–Trinajstić information content (AvgIpc) is 3.46. The molecule has 126 valence electrons. The van der Waals surface area contributed by atoms with Crippen molar-refractivity contribution in [2.24, 2.45) is 5.92 Å². The van der Waals surface area contributed by atoms with Crippen LogP contribution in [0, 0.1) is 5.92 Å². The highest BCUT2D eigenvalue weighted by atomic mass is 16.2. The Morgan fingerprint density at radius 2 is 1.96 bits per heavy atom. The highest BCUT2D eigenvalue weighted by Gasteiger charge is 2.29. The van der Waals surface area contributed by atoms with E-state index < -0.39 is 0 Å². The van der Waals surface area contributed by atoms with E-state index in [0.717, 1.165) is 24.1 Å². The fourth-order valence-electron chi connectivity index (χ4n) is 2.63. The van der Waals surface area contributed by atoms with Gasteiger partial charge in [0.05, 0.1) is 0 Å². The molecule has 6 heteroatoms. The van der Waals surface area contributed by atoms with Gasteiger partial charge in [0.1, 0.15) is 11.5 Å². The van der Waals surface area contributed by atoms with E-state index >= 15 is 0 Å². The summed E-state index contributed by atoms with van der Waals surface area (Å²) in [7, 11) is 0. The van der Waals surface area contributed by atoms with Crippen LogP contribution in [-0.2, 0) is 11.3 Å². The minimum Gasteiger partial charge on any atom is -0.366 e. The van der Waals surface area contributed by atoms with Crippen molar-refractivity contribution in [2.45, 2.75) is 19.4 Å². The van der Waals surface area contributed by atoms with Gasteiger partial charge in [-0.05, 0) is 42.7 Å². The van der Waals surface area contributed by atoms with E-state index in [-0.39, 0.29) is 17.4 Å². The van der Waals surface area contributed by atoms with E-state index in [1.807, 2.05) is 30.3 Å². The molecule has 2 aromatic heterocycles. The molecule has 1 aliphatic carbocycles. The molecule has 1 aromatic carbocycles. The van der Waals surface area contributed by atoms with E-state index in [9.17, 15) is 9.59 Å². The SMILES string of the molecule is O=C(Nc1ccc(CNc2cc(=O)n3ccccc3n2)cc1)C1CC1. The number of carbonyl (C=O) groups excluding carboxylic acids is 1. The number of anilines is 2. The minimum absolute atomic E-state index is 0.103. The van der Waals surface area contributed by atoms with Crippen LogP contribution in [0.4, 0.5) is 11.5 Å². The molecule has 0 bridgehead atoms. The number of benzene rings is 1. The first kappa shape index (κ1) is 15.4. The van der Waals surface area contributed by atoms with Gasteiger partial charge in [0.2, 0.25) is 5.91 Å². The van der Waals surface area contributed by atoms with Gasteiger partial charge in [0, 0.05) is 30.4 Å². The Labute approximate surface area is 144 Å². The van der Waals surface area contributed by atoms with Crippen LogP contribution in [0.5, 0.6) is 0 Å². The summed E-state index contributed by atoms with van der Waals surface area (Å²) < 4.78 is 1.50. The summed E-state index contributed by atoms with van der Waals surface area (Å²) in [6.45, 7) is 0.548. The molecule has 25 heavy (non-hydrogen) atoms. The topological polar surface area (TPSA) is 75.5 Å². The normalized spacial score (nSPS) is 13.6.